The number of aliphatic carboxylic acids is 3. The molecular formula is C76H126N22O29. The van der Waals surface area contributed by atoms with E-state index in [2.05, 4.69) is 79.8 Å². The fraction of sp³-hybridized carbons (Fsp3) is 0.684. The van der Waals surface area contributed by atoms with Crippen LogP contribution in [0.2, 0.25) is 0 Å². The van der Waals surface area contributed by atoms with E-state index in [-0.39, 0.29) is 44.1 Å². The van der Waals surface area contributed by atoms with Crippen molar-refractivity contribution in [2.45, 2.75) is 283 Å². The molecule has 1 heterocycles. The Kier molecular flexibility index (Phi) is 47.2. The van der Waals surface area contributed by atoms with Crippen molar-refractivity contribution in [2.24, 2.45) is 40.2 Å². The first-order valence-electron chi connectivity index (χ1n) is 40.7. The molecular weight excluding hydrogens is 1680 g/mol. The van der Waals surface area contributed by atoms with E-state index in [9.17, 15) is 141 Å². The molecule has 18 atom stereocenters. The van der Waals surface area contributed by atoms with Crippen molar-refractivity contribution in [1.29, 1.82) is 0 Å². The van der Waals surface area contributed by atoms with Crippen LogP contribution in [0.5, 0.6) is 0 Å². The summed E-state index contributed by atoms with van der Waals surface area (Å²) in [6.45, 7) is 17.1. The van der Waals surface area contributed by atoms with Crippen LogP contribution in [0.3, 0.4) is 0 Å². The Hall–Kier alpha value is -12.8. The van der Waals surface area contributed by atoms with Crippen LogP contribution in [-0.4, -0.2) is 319 Å². The lowest BCUT2D eigenvalue weighted by Crippen LogP contribution is -2.62. The molecule has 714 valence electrons. The summed E-state index contributed by atoms with van der Waals surface area (Å²) in [5.74, 6) is -27.2. The van der Waals surface area contributed by atoms with Gasteiger partial charge >= 0.3 is 17.9 Å². The minimum Gasteiger partial charge on any atom is -0.481 e. The molecule has 0 aromatic rings. The average molecular weight is 1810 g/mol. The van der Waals surface area contributed by atoms with Gasteiger partial charge in [-0.3, -0.25) is 110 Å². The summed E-state index contributed by atoms with van der Waals surface area (Å²) in [6, 6.07) is -28.7. The van der Waals surface area contributed by atoms with Gasteiger partial charge in [-0.1, -0.05) is 48.5 Å². The van der Waals surface area contributed by atoms with Gasteiger partial charge in [0.15, 0.2) is 0 Å². The van der Waals surface area contributed by atoms with E-state index in [4.69, 9.17) is 22.9 Å². The highest BCUT2D eigenvalue weighted by Crippen LogP contribution is 2.26. The largest absolute Gasteiger partial charge is 0.481 e. The van der Waals surface area contributed by atoms with Crippen molar-refractivity contribution in [3.05, 3.63) is 0 Å². The molecule has 51 nitrogen and oxygen atoms in total. The molecule has 1 fully saturated rings. The van der Waals surface area contributed by atoms with Crippen LogP contribution in [-0.2, 0) is 115 Å². The smallest absolute Gasteiger partial charge is 0.328 e. The van der Waals surface area contributed by atoms with Gasteiger partial charge in [0.2, 0.25) is 124 Å². The number of carbonyl (C=O) groups excluding carboxylic acids is 21. The van der Waals surface area contributed by atoms with E-state index in [1.165, 1.54) is 27.8 Å². The van der Waals surface area contributed by atoms with E-state index in [0.29, 0.717) is 0 Å². The summed E-state index contributed by atoms with van der Waals surface area (Å²) < 4.78 is 0. The van der Waals surface area contributed by atoms with Crippen molar-refractivity contribution in [3.63, 3.8) is 0 Å². The lowest BCUT2D eigenvalue weighted by molar-refractivity contribution is -0.146. The highest BCUT2D eigenvalue weighted by molar-refractivity contribution is 6.03. The summed E-state index contributed by atoms with van der Waals surface area (Å²) in [5, 5.41) is 84.2. The van der Waals surface area contributed by atoms with Gasteiger partial charge < -0.3 is 143 Å². The minimum absolute atomic E-state index is 0.00996. The zero-order valence-corrected chi connectivity index (χ0v) is 73.6. The fourth-order valence-electron chi connectivity index (χ4n) is 12.5. The predicted octanol–water partition coefficient (Wildman–Crippen LogP) is -11.4. The Labute approximate surface area is 731 Å². The number of hydrogen-bond donors (Lipinski definition) is 25. The summed E-state index contributed by atoms with van der Waals surface area (Å²) in [7, 11) is 1.24. The molecule has 0 aromatic heterocycles. The van der Waals surface area contributed by atoms with E-state index in [1.54, 1.807) is 48.5 Å². The maximum Gasteiger partial charge on any atom is 0.328 e. The quantitative estimate of drug-likeness (QED) is 0.0269. The van der Waals surface area contributed by atoms with Gasteiger partial charge in [0, 0.05) is 32.9 Å². The molecule has 0 bridgehead atoms. The maximum atomic E-state index is 14.3. The summed E-state index contributed by atoms with van der Waals surface area (Å²) >= 11 is 0. The highest BCUT2D eigenvalue weighted by Gasteiger charge is 2.44. The van der Waals surface area contributed by atoms with Crippen LogP contribution in [0, 0.1) is 17.3 Å². The molecule has 0 radical (unpaired) electrons. The number of rotatable bonds is 55. The van der Waals surface area contributed by atoms with Crippen LogP contribution >= 0.6 is 0 Å². The molecule has 21 amide bonds. The number of aliphatic hydroxyl groups is 2. The van der Waals surface area contributed by atoms with Gasteiger partial charge in [0.25, 0.3) is 0 Å². The van der Waals surface area contributed by atoms with Crippen molar-refractivity contribution >= 4 is 142 Å². The molecule has 1 rings (SSSR count). The number of likely N-dealkylation sites (tertiary alicyclic amines) is 1. The first kappa shape index (κ1) is 112. The standard InChI is InChI=1S/C76H126N22O29/c1-32(2)25-44(67(118)84-39(10)63(114)96-49(31-100)75(126)127)92-62(113)38(9)85-69(120)46(28-56(107)108)93-66(117)43(20-23-55(105)106)90-61(112)37(8)81-58(109)34(5)83-64(115)41(18-21-51(78)101)91-65(116)42(19-22-52(79)102)89-60(111)36(7)82-59(110)35(6)86-72(123)57(76(12,13)14)97(15)73(124)40(11)87-68(119)45(26-33(3)4)94-71(122)50-17-16-24-98(50)74(125)47(27-53(80)103)95-70(121)48(30-99)88-54(104)29-77/h32-50,57,99-100H,16-31,77H2,1-15H3,(H2,78,101)(H2,79,102)(H2,80,103)(H,81,109)(H,82,110)(H,83,115)(H,84,118)(H,85,120)(H,86,123)(H,87,119)(H,88,104)(H,89,111)(H,90,112)(H,91,116)(H,92,113)(H,93,117)(H,94,122)(H,95,121)(H,96,114)(H,105,106)(H,107,108)(H,126,127)/t34-,35-,36-,37-,38-,39-,40-,41-,42-,43-,44-,45-,46-,47-,48-,49-,50-,57+/m0/s1. The van der Waals surface area contributed by atoms with Crippen LogP contribution in [0.15, 0.2) is 0 Å². The third-order valence-electron chi connectivity index (χ3n) is 19.3. The van der Waals surface area contributed by atoms with Crippen molar-refractivity contribution in [1.82, 2.24) is 94.9 Å². The van der Waals surface area contributed by atoms with Gasteiger partial charge in [0.05, 0.1) is 32.6 Å². The van der Waals surface area contributed by atoms with Crippen molar-refractivity contribution in [3.8, 4) is 0 Å². The number of primary amides is 3. The number of nitrogens with one attached hydrogen (secondary N) is 16. The molecule has 29 N–H and O–H groups in total. The second-order valence-corrected chi connectivity index (χ2v) is 32.5. The van der Waals surface area contributed by atoms with E-state index >= 15 is 0 Å². The number of nitrogens with zero attached hydrogens (tertiary/aromatic N) is 2. The average Bonchev–Trinajstić information content (AvgIpc) is 1.60. The summed E-state index contributed by atoms with van der Waals surface area (Å²) in [5.41, 5.74) is 20.3. The molecule has 127 heavy (non-hydrogen) atoms. The SMILES string of the molecule is CC(C)C[C@H](NC(=O)[C@H](C)NC(=O)[C@H](CC(=O)O)NC(=O)[C@H](CCC(=O)O)NC(=O)[C@H](C)NC(=O)[C@H](C)NC(=O)[C@H](CCC(N)=O)NC(=O)[C@H](CCC(N)=O)NC(=O)[C@H](C)NC(=O)[C@H](C)NC(=O)[C@@H](N(C)C(=O)[C@H](C)NC(=O)[C@H](CC(C)C)NC(=O)[C@@H]1CCCN1C(=O)[C@H](CC(N)=O)NC(=O)[C@H](CO)NC(=O)CN)C(C)(C)C)C(=O)N[C@@H](C)C(=O)N[C@@H](CO)C(=O)O. The Morgan fingerprint density at radius 1 is 0.370 bits per heavy atom. The van der Waals surface area contributed by atoms with Gasteiger partial charge in [-0.25, -0.2) is 4.79 Å². The molecule has 1 aliphatic heterocycles. The maximum absolute atomic E-state index is 14.3. The summed E-state index contributed by atoms with van der Waals surface area (Å²) in [6.07, 6.45) is -5.60. The van der Waals surface area contributed by atoms with Gasteiger partial charge in [-0.2, -0.15) is 0 Å². The van der Waals surface area contributed by atoms with Crippen molar-refractivity contribution < 1.29 is 141 Å². The molecule has 0 spiro atoms. The van der Waals surface area contributed by atoms with Gasteiger partial charge in [-0.05, 0) is 111 Å². The molecule has 1 saturated heterocycles. The Bertz CT molecular complexity index is 4010. The van der Waals surface area contributed by atoms with E-state index in [0.717, 1.165) is 37.5 Å². The zero-order chi connectivity index (χ0) is 97.7. The predicted molar refractivity (Wildman–Crippen MR) is 441 cm³/mol. The monoisotopic (exact) mass is 1810 g/mol. The molecule has 51 heteroatoms. The van der Waals surface area contributed by atoms with Crippen LogP contribution < -0.4 is 108 Å². The Morgan fingerprint density at radius 2 is 0.693 bits per heavy atom. The molecule has 0 unspecified atom stereocenters. The number of carbonyl (C=O) groups is 24. The second-order valence-electron chi connectivity index (χ2n) is 32.5. The summed E-state index contributed by atoms with van der Waals surface area (Å²) in [4.78, 5) is 319. The third-order valence-corrected chi connectivity index (χ3v) is 19.3. The fourth-order valence-corrected chi connectivity index (χ4v) is 12.5. The Morgan fingerprint density at radius 3 is 1.06 bits per heavy atom. The number of carboxylic acids is 3. The number of nitrogens with two attached hydrogens (primary N) is 4. The zero-order valence-electron chi connectivity index (χ0n) is 73.6. The normalized spacial score (nSPS) is 16.4. The molecule has 1 aliphatic rings. The van der Waals surface area contributed by atoms with Crippen LogP contribution in [0.4, 0.5) is 0 Å². The highest BCUT2D eigenvalue weighted by atomic mass is 16.4. The third kappa shape index (κ3) is 39.5. The molecule has 0 aliphatic carbocycles. The topological polar surface area (TPSA) is 814 Å². The van der Waals surface area contributed by atoms with Gasteiger partial charge in [-0.15, -0.1) is 0 Å². The lowest BCUT2D eigenvalue weighted by atomic mass is 9.84. The first-order valence-corrected chi connectivity index (χ1v) is 40.7. The van der Waals surface area contributed by atoms with Crippen LogP contribution in [0.25, 0.3) is 0 Å². The number of aliphatic hydroxyl groups excluding tert-OH is 2. The second kappa shape index (κ2) is 53.5. The van der Waals surface area contributed by atoms with Crippen molar-refractivity contribution in [2.75, 3.05) is 33.4 Å². The van der Waals surface area contributed by atoms with Gasteiger partial charge in [0.1, 0.15) is 109 Å². The number of hydrogen-bond acceptors (Lipinski definition) is 27. The molecule has 0 aromatic carbocycles. The minimum atomic E-state index is -2.06. The first-order chi connectivity index (χ1) is 58.8. The number of amides is 21. The Balaban J connectivity index is 3.31. The number of likely N-dealkylation sites (N-methyl/N-ethyl adjacent to an activating group) is 1. The molecule has 0 saturated carbocycles. The lowest BCUT2D eigenvalue weighted by Gasteiger charge is -2.38. The van der Waals surface area contributed by atoms with E-state index < -0.39 is 327 Å². The van der Waals surface area contributed by atoms with Crippen LogP contribution in [0.1, 0.15) is 174 Å². The van der Waals surface area contributed by atoms with E-state index in [1.807, 2.05) is 5.32 Å². The number of carboxylic acid groups (broad SMARTS) is 3.